The third-order valence-corrected chi connectivity index (χ3v) is 4.63. The zero-order chi connectivity index (χ0) is 20.7. The molecule has 1 N–H and O–H groups in total. The van der Waals surface area contributed by atoms with Gasteiger partial charge in [-0.15, -0.1) is 0 Å². The van der Waals surface area contributed by atoms with Gasteiger partial charge in [0.15, 0.2) is 0 Å². The molecule has 0 spiro atoms. The van der Waals surface area contributed by atoms with Crippen LogP contribution in [-0.2, 0) is 4.79 Å². The molecule has 1 atom stereocenters. The summed E-state index contributed by atoms with van der Waals surface area (Å²) in [4.78, 5) is 12.6. The van der Waals surface area contributed by atoms with Crippen LogP contribution in [0.3, 0.4) is 0 Å². The molecule has 146 valence electrons. The van der Waals surface area contributed by atoms with Crippen molar-refractivity contribution < 1.29 is 9.53 Å². The second-order valence-electron chi connectivity index (χ2n) is 7.11. The van der Waals surface area contributed by atoms with E-state index in [1.54, 1.807) is 6.08 Å². The van der Waals surface area contributed by atoms with Gasteiger partial charge < -0.3 is 10.1 Å². The van der Waals surface area contributed by atoms with Gasteiger partial charge in [-0.2, -0.15) is 5.26 Å². The van der Waals surface area contributed by atoms with Crippen molar-refractivity contribution in [1.82, 2.24) is 5.32 Å². The maximum Gasteiger partial charge on any atom is 0.262 e. The lowest BCUT2D eigenvalue weighted by molar-refractivity contribution is -0.117. The van der Waals surface area contributed by atoms with Crippen LogP contribution < -0.4 is 10.1 Å². The Kier molecular flexibility index (Phi) is 7.40. The minimum atomic E-state index is -0.377. The summed E-state index contributed by atoms with van der Waals surface area (Å²) in [5.74, 6) is 0.748. The summed E-state index contributed by atoms with van der Waals surface area (Å²) in [7, 11) is 0. The van der Waals surface area contributed by atoms with E-state index in [0.717, 1.165) is 28.0 Å². The Labute approximate surface area is 167 Å². The van der Waals surface area contributed by atoms with Crippen LogP contribution in [0.15, 0.2) is 48.0 Å². The average Bonchev–Trinajstić information content (AvgIpc) is 2.67. The normalized spacial score (nSPS) is 12.4. The Balaban J connectivity index is 2.32. The number of amides is 1. The number of nitrogens with one attached hydrogen (secondary N) is 1. The second kappa shape index (κ2) is 9.75. The molecule has 2 aromatic rings. The quantitative estimate of drug-likeness (QED) is 0.527. The van der Waals surface area contributed by atoms with Gasteiger partial charge in [0.25, 0.3) is 5.91 Å². The van der Waals surface area contributed by atoms with E-state index in [1.807, 2.05) is 69.3 Å². The smallest absolute Gasteiger partial charge is 0.262 e. The minimum absolute atomic E-state index is 0.0877. The Hall–Kier alpha value is -3.06. The summed E-state index contributed by atoms with van der Waals surface area (Å²) in [6.45, 7) is 10.6. The molecule has 0 aliphatic heterocycles. The van der Waals surface area contributed by atoms with Gasteiger partial charge in [0.1, 0.15) is 17.4 Å². The highest BCUT2D eigenvalue weighted by atomic mass is 16.5. The lowest BCUT2D eigenvalue weighted by Gasteiger charge is -2.16. The fraction of sp³-hybridized carbons (Fsp3) is 0.333. The molecule has 0 radical (unpaired) electrons. The highest BCUT2D eigenvalue weighted by molar-refractivity contribution is 6.02. The van der Waals surface area contributed by atoms with Gasteiger partial charge in [-0.25, -0.2) is 0 Å². The zero-order valence-corrected chi connectivity index (χ0v) is 17.2. The summed E-state index contributed by atoms with van der Waals surface area (Å²) >= 11 is 0. The number of hydrogen-bond acceptors (Lipinski definition) is 3. The van der Waals surface area contributed by atoms with Crippen molar-refractivity contribution in [3.05, 3.63) is 70.3 Å². The Morgan fingerprint density at radius 3 is 2.46 bits per heavy atom. The Bertz CT molecular complexity index is 893. The van der Waals surface area contributed by atoms with Crippen LogP contribution >= 0.6 is 0 Å². The summed E-state index contributed by atoms with van der Waals surface area (Å²) in [5, 5.41) is 12.4. The molecule has 0 heterocycles. The molecule has 2 aromatic carbocycles. The van der Waals surface area contributed by atoms with Gasteiger partial charge in [0.2, 0.25) is 0 Å². The van der Waals surface area contributed by atoms with Gasteiger partial charge in [0, 0.05) is 0 Å². The van der Waals surface area contributed by atoms with E-state index in [9.17, 15) is 10.1 Å². The predicted molar refractivity (Wildman–Crippen MR) is 113 cm³/mol. The van der Waals surface area contributed by atoms with Gasteiger partial charge in [0.05, 0.1) is 12.6 Å². The van der Waals surface area contributed by atoms with Crippen LogP contribution in [0.1, 0.15) is 61.9 Å². The van der Waals surface area contributed by atoms with E-state index in [4.69, 9.17) is 4.74 Å². The van der Waals surface area contributed by atoms with Gasteiger partial charge in [-0.05, 0) is 67.2 Å². The van der Waals surface area contributed by atoms with Crippen LogP contribution in [0.25, 0.3) is 6.08 Å². The van der Waals surface area contributed by atoms with E-state index >= 15 is 0 Å². The maximum atomic E-state index is 12.6. The molecule has 2 rings (SSSR count). The molecule has 0 aliphatic carbocycles. The van der Waals surface area contributed by atoms with Crippen molar-refractivity contribution in [2.75, 3.05) is 6.61 Å². The first kappa shape index (κ1) is 21.2. The first-order valence-electron chi connectivity index (χ1n) is 9.62. The molecule has 0 fully saturated rings. The number of carbonyl (C=O) groups excluding carboxylic acids is 1. The molecule has 0 aromatic heterocycles. The highest BCUT2D eigenvalue weighted by Crippen LogP contribution is 2.31. The van der Waals surface area contributed by atoms with Crippen molar-refractivity contribution in [2.24, 2.45) is 0 Å². The lowest BCUT2D eigenvalue weighted by Crippen LogP contribution is -2.27. The summed E-state index contributed by atoms with van der Waals surface area (Å²) < 4.78 is 5.75. The zero-order valence-electron chi connectivity index (χ0n) is 17.2. The first-order valence-corrected chi connectivity index (χ1v) is 9.62. The third-order valence-electron chi connectivity index (χ3n) is 4.63. The van der Waals surface area contributed by atoms with Crippen LogP contribution in [-0.4, -0.2) is 12.5 Å². The van der Waals surface area contributed by atoms with Crippen molar-refractivity contribution in [3.63, 3.8) is 0 Å². The van der Waals surface area contributed by atoms with Crippen molar-refractivity contribution in [2.45, 2.75) is 46.6 Å². The van der Waals surface area contributed by atoms with E-state index in [0.29, 0.717) is 6.61 Å². The number of benzene rings is 2. The SMILES string of the molecule is CCOc1cc(C)c(/C=C(/C#N)C(=O)N[C@@H](C)c2ccccc2)cc1C(C)C. The van der Waals surface area contributed by atoms with E-state index < -0.39 is 0 Å². The van der Waals surface area contributed by atoms with Crippen LogP contribution in [0.2, 0.25) is 0 Å². The number of hydrogen-bond donors (Lipinski definition) is 1. The van der Waals surface area contributed by atoms with Crippen LogP contribution in [0.5, 0.6) is 5.75 Å². The topological polar surface area (TPSA) is 62.1 Å². The minimum Gasteiger partial charge on any atom is -0.494 e. The summed E-state index contributed by atoms with van der Waals surface area (Å²) in [6.07, 6.45) is 1.66. The molecule has 0 saturated carbocycles. The number of rotatable bonds is 7. The first-order chi connectivity index (χ1) is 13.4. The largest absolute Gasteiger partial charge is 0.494 e. The van der Waals surface area contributed by atoms with Crippen LogP contribution in [0, 0.1) is 18.3 Å². The van der Waals surface area contributed by atoms with Gasteiger partial charge >= 0.3 is 0 Å². The summed E-state index contributed by atoms with van der Waals surface area (Å²) in [5.41, 5.74) is 3.96. The third kappa shape index (κ3) is 5.23. The predicted octanol–water partition coefficient (Wildman–Crippen LogP) is 5.30. The standard InChI is InChI=1S/C24H28N2O2/c1-6-28-23-12-17(4)20(14-22(23)16(2)3)13-21(15-25)24(27)26-18(5)19-10-8-7-9-11-19/h7-14,16,18H,6H2,1-5H3,(H,26,27)/b21-13-/t18-/m0/s1. The van der Waals surface area contributed by atoms with E-state index in [-0.39, 0.29) is 23.4 Å². The monoisotopic (exact) mass is 376 g/mol. The van der Waals surface area contributed by atoms with Crippen molar-refractivity contribution in [1.29, 1.82) is 5.26 Å². The highest BCUT2D eigenvalue weighted by Gasteiger charge is 2.16. The molecular formula is C24H28N2O2. The van der Waals surface area contributed by atoms with E-state index in [1.165, 1.54) is 0 Å². The molecule has 0 bridgehead atoms. The fourth-order valence-electron chi connectivity index (χ4n) is 3.01. The van der Waals surface area contributed by atoms with Crippen LogP contribution in [0.4, 0.5) is 0 Å². The maximum absolute atomic E-state index is 12.6. The Morgan fingerprint density at radius 1 is 1.21 bits per heavy atom. The molecule has 0 aliphatic rings. The number of aryl methyl sites for hydroxylation is 1. The number of nitrogens with zero attached hydrogens (tertiary/aromatic N) is 1. The number of ether oxygens (including phenoxy) is 1. The lowest BCUT2D eigenvalue weighted by atomic mass is 9.95. The molecular weight excluding hydrogens is 348 g/mol. The number of carbonyl (C=O) groups is 1. The van der Waals surface area contributed by atoms with Crippen molar-refractivity contribution in [3.8, 4) is 11.8 Å². The second-order valence-corrected chi connectivity index (χ2v) is 7.11. The van der Waals surface area contributed by atoms with Gasteiger partial charge in [-0.3, -0.25) is 4.79 Å². The molecule has 4 nitrogen and oxygen atoms in total. The van der Waals surface area contributed by atoms with Crippen molar-refractivity contribution >= 4 is 12.0 Å². The fourth-order valence-corrected chi connectivity index (χ4v) is 3.01. The average molecular weight is 377 g/mol. The molecule has 1 amide bonds. The Morgan fingerprint density at radius 2 is 1.89 bits per heavy atom. The molecule has 28 heavy (non-hydrogen) atoms. The number of nitriles is 1. The summed E-state index contributed by atoms with van der Waals surface area (Å²) in [6, 6.07) is 15.5. The molecule has 4 heteroatoms. The molecule has 0 saturated heterocycles. The van der Waals surface area contributed by atoms with Gasteiger partial charge in [-0.1, -0.05) is 44.2 Å². The van der Waals surface area contributed by atoms with E-state index in [2.05, 4.69) is 19.2 Å². The molecule has 0 unspecified atom stereocenters.